The fraction of sp³-hybridized carbons (Fsp3) is 0.710. The molecule has 21 heteroatoms. The number of nitrogens with one attached hydrogen (secondary N) is 1. The van der Waals surface area contributed by atoms with Crippen molar-refractivity contribution in [3.05, 3.63) is 59.7 Å². The van der Waals surface area contributed by atoms with Crippen LogP contribution in [0.1, 0.15) is 150 Å². The molecule has 0 aliphatic carbocycles. The Morgan fingerprint density at radius 1 is 0.807 bits per heavy atom. The molecule has 14 atom stereocenters. The van der Waals surface area contributed by atoms with Crippen LogP contribution in [-0.2, 0) is 54.4 Å². The first kappa shape index (κ1) is 70.4. The number of carbonyl (C=O) groups excluding carboxylic acids is 6. The zero-order chi connectivity index (χ0) is 61.7. The van der Waals surface area contributed by atoms with Gasteiger partial charge in [0.15, 0.2) is 5.78 Å². The number of methoxy groups -OCH3 is 2. The van der Waals surface area contributed by atoms with Gasteiger partial charge in [0, 0.05) is 77.2 Å². The summed E-state index contributed by atoms with van der Waals surface area (Å²) < 4.78 is 29.4. The molecule has 2 saturated heterocycles. The summed E-state index contributed by atoms with van der Waals surface area (Å²) in [5.74, 6) is 1.35. The van der Waals surface area contributed by atoms with Crippen molar-refractivity contribution in [2.75, 3.05) is 53.4 Å². The fourth-order valence-corrected chi connectivity index (χ4v) is 11.6. The van der Waals surface area contributed by atoms with Crippen molar-refractivity contribution < 1.29 is 77.7 Å². The lowest BCUT2D eigenvalue weighted by Crippen LogP contribution is -2.54. The van der Waals surface area contributed by atoms with Gasteiger partial charge in [0.1, 0.15) is 36.5 Å². The van der Waals surface area contributed by atoms with Crippen molar-refractivity contribution >= 4 is 41.1 Å². The molecule has 4 rings (SSSR count). The van der Waals surface area contributed by atoms with Gasteiger partial charge in [0.25, 0.3) is 0 Å². The highest BCUT2D eigenvalue weighted by Crippen LogP contribution is 2.34. The number of carbonyl (C=O) groups is 6. The van der Waals surface area contributed by atoms with Crippen molar-refractivity contribution in [1.29, 1.82) is 0 Å². The van der Waals surface area contributed by atoms with Gasteiger partial charge in [-0.3, -0.25) is 24.0 Å². The summed E-state index contributed by atoms with van der Waals surface area (Å²) in [5, 5.41) is 44.9. The SMILES string of the molecule is CC[C@H](C)[C@@H]([C@@H](CC(=O)N1CCC[C@H]1[C@H](OC)[C@@H](C)C(=O)C[C@H](C)[C@@H](O)c1ccccc1)OC)N(C)C(=O)[C@@H](CC(=O)[C@H](C(C)C)N(C)C(=O)OCc1cc(NC(=O)CCCCCCCON)ccc1OC1OCC(O)C(O)C1O)C(C)C. The number of nitrogens with two attached hydrogens (primary N) is 1. The number of anilines is 1. The Morgan fingerprint density at radius 2 is 1.48 bits per heavy atom. The van der Waals surface area contributed by atoms with Gasteiger partial charge in [-0.2, -0.15) is 0 Å². The number of Topliss-reactive ketones (excluding diaryl/α,β-unsaturated/α-hetero) is 2. The van der Waals surface area contributed by atoms with Gasteiger partial charge >= 0.3 is 6.09 Å². The van der Waals surface area contributed by atoms with Crippen molar-refractivity contribution in [3.8, 4) is 5.75 Å². The van der Waals surface area contributed by atoms with E-state index in [1.165, 1.54) is 25.1 Å². The first-order valence-electron chi connectivity index (χ1n) is 29.8. The average Bonchev–Trinajstić information content (AvgIpc) is 4.12. The summed E-state index contributed by atoms with van der Waals surface area (Å²) >= 11 is 0. The summed E-state index contributed by atoms with van der Waals surface area (Å²) in [6, 6.07) is 11.8. The van der Waals surface area contributed by atoms with E-state index in [4.69, 9.17) is 29.6 Å². The Balaban J connectivity index is 1.47. The molecule has 21 nitrogen and oxygen atoms in total. The van der Waals surface area contributed by atoms with E-state index in [2.05, 4.69) is 10.2 Å². The van der Waals surface area contributed by atoms with E-state index < -0.39 is 85.5 Å². The van der Waals surface area contributed by atoms with Crippen LogP contribution in [0.5, 0.6) is 5.75 Å². The number of nitrogens with zero attached hydrogens (tertiary/aromatic N) is 3. The minimum absolute atomic E-state index is 0.0595. The second-order valence-corrected chi connectivity index (χ2v) is 23.6. The number of aliphatic hydroxyl groups is 4. The van der Waals surface area contributed by atoms with Crippen LogP contribution in [0.2, 0.25) is 0 Å². The van der Waals surface area contributed by atoms with Gasteiger partial charge in [-0.15, -0.1) is 0 Å². The highest BCUT2D eigenvalue weighted by atomic mass is 16.7. The summed E-state index contributed by atoms with van der Waals surface area (Å²) in [4.78, 5) is 94.1. The number of aliphatic hydroxyl groups excluding tert-OH is 4. The molecule has 2 aromatic carbocycles. The molecule has 0 spiro atoms. The molecule has 4 unspecified atom stereocenters. The maximum absolute atomic E-state index is 14.9. The van der Waals surface area contributed by atoms with Crippen molar-refractivity contribution in [2.24, 2.45) is 41.4 Å². The first-order chi connectivity index (χ1) is 39.4. The van der Waals surface area contributed by atoms with Gasteiger partial charge in [0.2, 0.25) is 24.0 Å². The number of ether oxygens (including phenoxy) is 5. The molecule has 0 saturated carbocycles. The molecule has 0 aromatic heterocycles. The smallest absolute Gasteiger partial charge is 0.410 e. The standard InChI is InChI=1S/C62H99N5O16/c1-13-39(6)55(51(78-11)34-53(72)67-29-22-25-46(67)59(79-12)41(8)47(68)31-40(7)56(73)42-23-18-17-19-24-42)65(9)60(76)45(37(2)3)33-48(69)54(38(4)5)66(10)62(77)81-35-43-32-44(64-52(71)26-20-15-14-16-21-30-82-63)27-28-50(43)83-61-58(75)57(74)49(70)36-80-61/h17-19,23-24,27-28,32,37-41,45-46,49,51,54-59,61,70,73-75H,13-16,20-22,25-26,29-31,33-36,63H2,1-12H3,(H,64,71)/t39-,40-,41-,45-,46-,49?,51+,54-,55-,56+,57?,58?,59+,61?/m0/s1. The molecule has 7 N–H and O–H groups in total. The summed E-state index contributed by atoms with van der Waals surface area (Å²) in [6.45, 7) is 15.1. The average molecular weight is 1170 g/mol. The fourth-order valence-electron chi connectivity index (χ4n) is 11.6. The molecule has 468 valence electrons. The molecule has 2 fully saturated rings. The molecular weight excluding hydrogens is 1070 g/mol. The first-order valence-corrected chi connectivity index (χ1v) is 29.8. The number of unbranched alkanes of at least 4 members (excludes halogenated alkanes) is 4. The lowest BCUT2D eigenvalue weighted by molar-refractivity contribution is -0.242. The van der Waals surface area contributed by atoms with Gasteiger partial charge in [0.05, 0.1) is 56.1 Å². The number of ketones is 2. The predicted molar refractivity (Wildman–Crippen MR) is 312 cm³/mol. The van der Waals surface area contributed by atoms with Crippen molar-refractivity contribution in [3.63, 3.8) is 0 Å². The van der Waals surface area contributed by atoms with Crippen LogP contribution in [-0.4, -0.2) is 174 Å². The van der Waals surface area contributed by atoms with Crippen LogP contribution in [0.15, 0.2) is 48.5 Å². The number of amides is 4. The predicted octanol–water partition coefficient (Wildman–Crippen LogP) is 6.75. The number of likely N-dealkylation sites (N-methyl/N-ethyl adjacent to an activating group) is 2. The Morgan fingerprint density at radius 3 is 2.11 bits per heavy atom. The van der Waals surface area contributed by atoms with Crippen LogP contribution in [0, 0.1) is 35.5 Å². The van der Waals surface area contributed by atoms with Gasteiger partial charge in [-0.25, -0.2) is 10.7 Å². The molecule has 2 aromatic rings. The monoisotopic (exact) mass is 1170 g/mol. The van der Waals surface area contributed by atoms with Crippen LogP contribution < -0.4 is 16.0 Å². The minimum atomic E-state index is -1.63. The Kier molecular flexibility index (Phi) is 29.5. The minimum Gasteiger partial charge on any atom is -0.462 e. The maximum atomic E-state index is 14.9. The van der Waals surface area contributed by atoms with E-state index in [9.17, 15) is 49.2 Å². The molecule has 0 bridgehead atoms. The lowest BCUT2D eigenvalue weighted by Gasteiger charge is -2.41. The molecule has 4 amide bonds. The second kappa shape index (κ2) is 34.8. The van der Waals surface area contributed by atoms with Gasteiger partial charge < -0.3 is 69.0 Å². The summed E-state index contributed by atoms with van der Waals surface area (Å²) in [6.07, 6.45) is -2.73. The highest BCUT2D eigenvalue weighted by Gasteiger charge is 2.44. The van der Waals surface area contributed by atoms with Crippen LogP contribution >= 0.6 is 0 Å². The van der Waals surface area contributed by atoms with E-state index in [1.807, 2.05) is 71.9 Å². The van der Waals surface area contributed by atoms with Crippen LogP contribution in [0.3, 0.4) is 0 Å². The third-order valence-electron chi connectivity index (χ3n) is 16.8. The molecule has 2 heterocycles. The maximum Gasteiger partial charge on any atom is 0.410 e. The molecule has 2 aliphatic rings. The number of hydrogen-bond acceptors (Lipinski definition) is 17. The number of rotatable bonds is 35. The third-order valence-corrected chi connectivity index (χ3v) is 16.8. The van der Waals surface area contributed by atoms with Crippen LogP contribution in [0.25, 0.3) is 0 Å². The lowest BCUT2D eigenvalue weighted by atomic mass is 9.83. The van der Waals surface area contributed by atoms with E-state index in [0.717, 1.165) is 31.2 Å². The van der Waals surface area contributed by atoms with Crippen LogP contribution in [0.4, 0.5) is 10.5 Å². The largest absolute Gasteiger partial charge is 0.462 e. The normalized spacial score (nSPS) is 21.5. The van der Waals surface area contributed by atoms with E-state index in [1.54, 1.807) is 49.9 Å². The van der Waals surface area contributed by atoms with Crippen molar-refractivity contribution in [1.82, 2.24) is 14.7 Å². The topological polar surface area (TPSA) is 286 Å². The third kappa shape index (κ3) is 20.0. The quantitative estimate of drug-likeness (QED) is 0.0307. The number of benzene rings is 2. The van der Waals surface area contributed by atoms with E-state index in [-0.39, 0.29) is 96.7 Å². The molecular formula is C62H99N5O16. The molecule has 2 aliphatic heterocycles. The number of hydrogen-bond donors (Lipinski definition) is 6. The summed E-state index contributed by atoms with van der Waals surface area (Å²) in [5.41, 5.74) is 1.35. The highest BCUT2D eigenvalue weighted by molar-refractivity contribution is 5.92. The molecule has 0 radical (unpaired) electrons. The zero-order valence-corrected chi connectivity index (χ0v) is 51.3. The zero-order valence-electron chi connectivity index (χ0n) is 51.3. The van der Waals surface area contributed by atoms with Gasteiger partial charge in [-0.05, 0) is 73.1 Å². The van der Waals surface area contributed by atoms with E-state index >= 15 is 0 Å². The number of likely N-dealkylation sites (tertiary alicyclic amines) is 1. The Labute approximate surface area is 492 Å². The van der Waals surface area contributed by atoms with Crippen molar-refractivity contribution in [2.45, 2.75) is 200 Å². The second-order valence-electron chi connectivity index (χ2n) is 23.6. The van der Waals surface area contributed by atoms with E-state index in [0.29, 0.717) is 44.5 Å². The summed E-state index contributed by atoms with van der Waals surface area (Å²) in [7, 11) is 6.19. The van der Waals surface area contributed by atoms with Gasteiger partial charge in [-0.1, -0.05) is 111 Å². The Bertz CT molecular complexity index is 2340. The Hall–Kier alpha value is -5.10. The molecule has 83 heavy (non-hydrogen) atoms.